The third-order valence-corrected chi connectivity index (χ3v) is 4.16. The number of nitrogens with one attached hydrogen (secondary N) is 2. The fraction of sp³-hybridized carbons (Fsp3) is 0.562. The van der Waals surface area contributed by atoms with E-state index >= 15 is 0 Å². The van der Waals surface area contributed by atoms with Crippen molar-refractivity contribution in [1.82, 2.24) is 4.90 Å². The molecule has 0 bridgehead atoms. The van der Waals surface area contributed by atoms with Gasteiger partial charge in [0.15, 0.2) is 0 Å². The summed E-state index contributed by atoms with van der Waals surface area (Å²) in [4.78, 5) is 14.4. The Morgan fingerprint density at radius 3 is 2.90 bits per heavy atom. The van der Waals surface area contributed by atoms with Crippen LogP contribution in [-0.2, 0) is 4.74 Å². The molecule has 1 atom stereocenters. The first-order chi connectivity index (χ1) is 10.2. The van der Waals surface area contributed by atoms with Crippen LogP contribution in [0.2, 0.25) is 0 Å². The maximum absolute atomic E-state index is 12.5. The van der Waals surface area contributed by atoms with Crippen molar-refractivity contribution in [2.45, 2.75) is 12.8 Å². The van der Waals surface area contributed by atoms with Crippen LogP contribution in [0.1, 0.15) is 23.2 Å². The van der Waals surface area contributed by atoms with Crippen molar-refractivity contribution < 1.29 is 9.53 Å². The number of hydrogen-bond donors (Lipinski definition) is 2. The van der Waals surface area contributed by atoms with E-state index in [4.69, 9.17) is 4.74 Å². The summed E-state index contributed by atoms with van der Waals surface area (Å²) < 4.78 is 5.49. The van der Waals surface area contributed by atoms with Gasteiger partial charge in [-0.2, -0.15) is 0 Å². The first kappa shape index (κ1) is 14.2. The SMILES string of the molecule is CN(CC1CCCOC1)C(=O)c1ccc2c(c1)NCCN2. The number of carbonyl (C=O) groups is 1. The van der Waals surface area contributed by atoms with Gasteiger partial charge >= 0.3 is 0 Å². The van der Waals surface area contributed by atoms with E-state index in [0.717, 1.165) is 62.6 Å². The van der Waals surface area contributed by atoms with Crippen LogP contribution in [-0.4, -0.2) is 50.7 Å². The maximum Gasteiger partial charge on any atom is 0.253 e. The van der Waals surface area contributed by atoms with Crippen LogP contribution in [0.25, 0.3) is 0 Å². The molecule has 2 aliphatic heterocycles. The van der Waals surface area contributed by atoms with Crippen LogP contribution < -0.4 is 10.6 Å². The Balaban J connectivity index is 1.66. The van der Waals surface area contributed by atoms with Crippen LogP contribution in [0.4, 0.5) is 11.4 Å². The van der Waals surface area contributed by atoms with E-state index in [1.807, 2.05) is 30.1 Å². The number of benzene rings is 1. The minimum atomic E-state index is 0.0794. The van der Waals surface area contributed by atoms with Crippen LogP contribution in [0.5, 0.6) is 0 Å². The summed E-state index contributed by atoms with van der Waals surface area (Å²) in [5.74, 6) is 0.542. The number of hydrogen-bond acceptors (Lipinski definition) is 4. The molecule has 21 heavy (non-hydrogen) atoms. The highest BCUT2D eigenvalue weighted by Crippen LogP contribution is 2.26. The van der Waals surface area contributed by atoms with Gasteiger partial charge in [0.05, 0.1) is 18.0 Å². The summed E-state index contributed by atoms with van der Waals surface area (Å²) >= 11 is 0. The number of anilines is 2. The zero-order valence-corrected chi connectivity index (χ0v) is 12.5. The third-order valence-electron chi connectivity index (χ3n) is 4.16. The molecule has 1 aromatic carbocycles. The van der Waals surface area contributed by atoms with Gasteiger partial charge in [0.1, 0.15) is 0 Å². The lowest BCUT2D eigenvalue weighted by atomic mass is 10.0. The Hall–Kier alpha value is -1.75. The summed E-state index contributed by atoms with van der Waals surface area (Å²) in [6.07, 6.45) is 2.24. The molecule has 5 nitrogen and oxygen atoms in total. The van der Waals surface area contributed by atoms with E-state index in [9.17, 15) is 4.79 Å². The van der Waals surface area contributed by atoms with Crippen molar-refractivity contribution in [3.8, 4) is 0 Å². The fourth-order valence-corrected chi connectivity index (χ4v) is 3.01. The second-order valence-corrected chi connectivity index (χ2v) is 5.88. The predicted molar refractivity (Wildman–Crippen MR) is 83.9 cm³/mol. The largest absolute Gasteiger partial charge is 0.382 e. The van der Waals surface area contributed by atoms with Crippen LogP contribution >= 0.6 is 0 Å². The Kier molecular flexibility index (Phi) is 4.29. The zero-order valence-electron chi connectivity index (χ0n) is 12.5. The predicted octanol–water partition coefficient (Wildman–Crippen LogP) is 2.02. The van der Waals surface area contributed by atoms with Crippen molar-refractivity contribution in [3.63, 3.8) is 0 Å². The Morgan fingerprint density at radius 2 is 2.14 bits per heavy atom. The van der Waals surface area contributed by atoms with E-state index in [0.29, 0.717) is 5.92 Å². The number of fused-ring (bicyclic) bond motifs is 1. The first-order valence-electron chi connectivity index (χ1n) is 7.69. The number of rotatable bonds is 3. The molecule has 3 rings (SSSR count). The molecule has 2 N–H and O–H groups in total. The lowest BCUT2D eigenvalue weighted by Gasteiger charge is -2.27. The average molecular weight is 289 g/mol. The Bertz CT molecular complexity index is 512. The highest BCUT2D eigenvalue weighted by atomic mass is 16.5. The van der Waals surface area contributed by atoms with E-state index < -0.39 is 0 Å². The molecule has 5 heteroatoms. The van der Waals surface area contributed by atoms with Crippen molar-refractivity contribution in [2.75, 3.05) is 50.5 Å². The summed E-state index contributed by atoms with van der Waals surface area (Å²) in [6.45, 7) is 4.20. The van der Waals surface area contributed by atoms with Crippen molar-refractivity contribution in [3.05, 3.63) is 23.8 Å². The van der Waals surface area contributed by atoms with Gasteiger partial charge in [0.2, 0.25) is 0 Å². The molecule has 2 heterocycles. The quantitative estimate of drug-likeness (QED) is 0.894. The fourth-order valence-electron chi connectivity index (χ4n) is 3.01. The van der Waals surface area contributed by atoms with E-state index in [1.54, 1.807) is 0 Å². The van der Waals surface area contributed by atoms with Crippen LogP contribution in [0, 0.1) is 5.92 Å². The van der Waals surface area contributed by atoms with Gasteiger partial charge in [-0.3, -0.25) is 4.79 Å². The highest BCUT2D eigenvalue weighted by molar-refractivity contribution is 5.96. The van der Waals surface area contributed by atoms with Gasteiger partial charge in [0, 0.05) is 38.9 Å². The molecule has 0 spiro atoms. The minimum absolute atomic E-state index is 0.0794. The van der Waals surface area contributed by atoms with Crippen molar-refractivity contribution >= 4 is 17.3 Å². The highest BCUT2D eigenvalue weighted by Gasteiger charge is 2.20. The molecule has 0 saturated carbocycles. The van der Waals surface area contributed by atoms with Crippen LogP contribution in [0.3, 0.4) is 0 Å². The molecular formula is C16H23N3O2. The van der Waals surface area contributed by atoms with E-state index in [2.05, 4.69) is 10.6 Å². The van der Waals surface area contributed by atoms with Gasteiger partial charge in [-0.05, 0) is 37.0 Å². The topological polar surface area (TPSA) is 53.6 Å². The second-order valence-electron chi connectivity index (χ2n) is 5.88. The van der Waals surface area contributed by atoms with Gasteiger partial charge in [-0.15, -0.1) is 0 Å². The normalized spacial score (nSPS) is 20.9. The van der Waals surface area contributed by atoms with Gasteiger partial charge < -0.3 is 20.3 Å². The summed E-state index contributed by atoms with van der Waals surface area (Å²) in [7, 11) is 1.88. The zero-order chi connectivity index (χ0) is 14.7. The average Bonchev–Trinajstić information content (AvgIpc) is 2.54. The van der Waals surface area contributed by atoms with Gasteiger partial charge in [0.25, 0.3) is 5.91 Å². The smallest absolute Gasteiger partial charge is 0.253 e. The second kappa shape index (κ2) is 6.35. The standard InChI is InChI=1S/C16H23N3O2/c1-19(10-12-3-2-8-21-11-12)16(20)13-4-5-14-15(9-13)18-7-6-17-14/h4-5,9,12,17-18H,2-3,6-8,10-11H2,1H3. The van der Waals surface area contributed by atoms with Crippen LogP contribution in [0.15, 0.2) is 18.2 Å². The van der Waals surface area contributed by atoms with Crippen molar-refractivity contribution in [1.29, 1.82) is 0 Å². The lowest BCUT2D eigenvalue weighted by Crippen LogP contribution is -2.35. The minimum Gasteiger partial charge on any atom is -0.382 e. The molecule has 0 radical (unpaired) electrons. The summed E-state index contributed by atoms with van der Waals surface area (Å²) in [5, 5.41) is 6.64. The van der Waals surface area contributed by atoms with Gasteiger partial charge in [-0.1, -0.05) is 0 Å². The molecule has 1 fully saturated rings. The molecule has 1 amide bonds. The number of carbonyl (C=O) groups excluding carboxylic acids is 1. The van der Waals surface area contributed by atoms with Crippen molar-refractivity contribution in [2.24, 2.45) is 5.92 Å². The molecular weight excluding hydrogens is 266 g/mol. The number of ether oxygens (including phenoxy) is 1. The molecule has 0 aromatic heterocycles. The molecule has 1 aromatic rings. The first-order valence-corrected chi connectivity index (χ1v) is 7.69. The number of amides is 1. The Labute approximate surface area is 125 Å². The molecule has 1 unspecified atom stereocenters. The van der Waals surface area contributed by atoms with E-state index in [-0.39, 0.29) is 5.91 Å². The molecule has 1 saturated heterocycles. The lowest BCUT2D eigenvalue weighted by molar-refractivity contribution is 0.0388. The molecule has 0 aliphatic carbocycles. The molecule has 114 valence electrons. The van der Waals surface area contributed by atoms with E-state index in [1.165, 1.54) is 0 Å². The summed E-state index contributed by atoms with van der Waals surface area (Å²) in [6, 6.07) is 5.82. The van der Waals surface area contributed by atoms with Gasteiger partial charge in [-0.25, -0.2) is 0 Å². The number of nitrogens with zero attached hydrogens (tertiary/aromatic N) is 1. The monoisotopic (exact) mass is 289 g/mol. The summed E-state index contributed by atoms with van der Waals surface area (Å²) in [5.41, 5.74) is 2.83. The third kappa shape index (κ3) is 3.29. The maximum atomic E-state index is 12.5. The molecule has 2 aliphatic rings. The Morgan fingerprint density at radius 1 is 1.33 bits per heavy atom.